The van der Waals surface area contributed by atoms with E-state index in [1.54, 1.807) is 37.2 Å². The summed E-state index contributed by atoms with van der Waals surface area (Å²) in [6.07, 6.45) is -0.157. The quantitative estimate of drug-likeness (QED) is 0.272. The number of Topliss-reactive ketones (excluding diaryl/α,β-unsaturated/α-hetero) is 2. The molecule has 1 heterocycles. The number of fused-ring (bicyclic) bond motifs is 4. The average molecular weight is 590 g/mol. The molecule has 14 nitrogen and oxygen atoms in total. The van der Waals surface area contributed by atoms with Crippen molar-refractivity contribution in [1.29, 1.82) is 0 Å². The standard InChI is InChI=1S/C29H27N5O9/c1-34(2)17-9-16(31-10-12-3-4-19-20(5-12)43-11-42-19)24(32-40)22-15(17)7-13-6-14-8-18(35)23(28(30)38)27(37)29(14,39)26(33-41)21(13)25(22)36/h3-5,9,13-14,31,35,39H,6-8,10-11H2,1-2H3,(H2,30,38)/t13-,14+,29+/m1/s1. The van der Waals surface area contributed by atoms with Crippen LogP contribution in [0.3, 0.4) is 0 Å². The van der Waals surface area contributed by atoms with E-state index in [4.69, 9.17) is 15.2 Å². The van der Waals surface area contributed by atoms with Gasteiger partial charge in [-0.25, -0.2) is 0 Å². The molecule has 4 aliphatic rings. The van der Waals surface area contributed by atoms with Gasteiger partial charge in [0.15, 0.2) is 22.9 Å². The summed E-state index contributed by atoms with van der Waals surface area (Å²) in [6.45, 7) is 0.342. The molecule has 1 aliphatic heterocycles. The lowest BCUT2D eigenvalue weighted by atomic mass is 9.59. The van der Waals surface area contributed by atoms with Crippen LogP contribution in [0.4, 0.5) is 17.1 Å². The molecule has 2 aromatic carbocycles. The van der Waals surface area contributed by atoms with Crippen molar-refractivity contribution >= 4 is 34.5 Å². The molecule has 0 radical (unpaired) electrons. The molecular formula is C29H27N5O9. The maximum Gasteiger partial charge on any atom is 0.255 e. The number of allylic oxidation sites excluding steroid dienone is 2. The van der Waals surface area contributed by atoms with E-state index in [9.17, 15) is 34.4 Å². The van der Waals surface area contributed by atoms with E-state index in [-0.39, 0.29) is 55.1 Å². The maximum atomic E-state index is 14.2. The van der Waals surface area contributed by atoms with Gasteiger partial charge in [0.25, 0.3) is 5.91 Å². The number of nitrogens with two attached hydrogens (primary N) is 1. The second-order valence-electron chi connectivity index (χ2n) is 11.2. The Labute approximate surface area is 244 Å². The van der Waals surface area contributed by atoms with Crippen LogP contribution < -0.4 is 25.4 Å². The molecule has 0 aromatic heterocycles. The highest BCUT2D eigenvalue weighted by Gasteiger charge is 2.60. The largest absolute Gasteiger partial charge is 0.511 e. The van der Waals surface area contributed by atoms with Gasteiger partial charge in [0, 0.05) is 44.2 Å². The number of aliphatic hydroxyl groups excluding tert-OH is 1. The van der Waals surface area contributed by atoms with Gasteiger partial charge >= 0.3 is 0 Å². The van der Waals surface area contributed by atoms with Crippen LogP contribution in [0.25, 0.3) is 0 Å². The highest BCUT2D eigenvalue weighted by Crippen LogP contribution is 2.54. The fourth-order valence-corrected chi connectivity index (χ4v) is 6.66. The van der Waals surface area contributed by atoms with Gasteiger partial charge in [-0.15, -0.1) is 9.81 Å². The Bertz CT molecular complexity index is 1710. The van der Waals surface area contributed by atoms with Gasteiger partial charge in [-0.2, -0.15) is 0 Å². The fraction of sp³-hybridized carbons (Fsp3) is 0.345. The van der Waals surface area contributed by atoms with Crippen molar-refractivity contribution in [3.63, 3.8) is 0 Å². The number of nitrogens with one attached hydrogen (secondary N) is 1. The lowest BCUT2D eigenvalue weighted by Gasteiger charge is -2.45. The number of hydrogen-bond acceptors (Lipinski definition) is 13. The Kier molecular flexibility index (Phi) is 6.53. The van der Waals surface area contributed by atoms with Crippen LogP contribution in [0.15, 0.2) is 57.2 Å². The Hall–Kier alpha value is -5.11. The highest BCUT2D eigenvalue weighted by molar-refractivity contribution is 6.25. The van der Waals surface area contributed by atoms with E-state index in [0.29, 0.717) is 22.7 Å². The normalized spacial score (nSPS) is 23.8. The predicted octanol–water partition coefficient (Wildman–Crippen LogP) is 2.89. The molecule has 3 atom stereocenters. The third kappa shape index (κ3) is 4.08. The Morgan fingerprint density at radius 1 is 1.14 bits per heavy atom. The van der Waals surface area contributed by atoms with E-state index in [2.05, 4.69) is 15.7 Å². The van der Waals surface area contributed by atoms with E-state index in [1.165, 1.54) is 0 Å². The van der Waals surface area contributed by atoms with E-state index < -0.39 is 51.9 Å². The minimum Gasteiger partial charge on any atom is -0.511 e. The Morgan fingerprint density at radius 2 is 1.88 bits per heavy atom. The number of primary amides is 1. The molecule has 0 unspecified atom stereocenters. The molecule has 0 saturated carbocycles. The molecular weight excluding hydrogens is 562 g/mol. The second kappa shape index (κ2) is 10.0. The summed E-state index contributed by atoms with van der Waals surface area (Å²) in [5.74, 6) is -4.51. The number of nitrogens with zero attached hydrogens (tertiary/aromatic N) is 3. The zero-order valence-corrected chi connectivity index (χ0v) is 23.2. The van der Waals surface area contributed by atoms with Crippen LogP contribution in [0.1, 0.15) is 34.3 Å². The van der Waals surface area contributed by atoms with E-state index in [1.807, 2.05) is 6.07 Å². The van der Waals surface area contributed by atoms with Gasteiger partial charge in [-0.1, -0.05) is 6.07 Å². The second-order valence-corrected chi connectivity index (χ2v) is 11.2. The molecule has 1 amide bonds. The smallest absolute Gasteiger partial charge is 0.255 e. The number of aliphatic hydroxyl groups is 2. The Balaban J connectivity index is 1.47. The molecule has 43 heavy (non-hydrogen) atoms. The molecule has 0 spiro atoms. The van der Waals surface area contributed by atoms with Crippen LogP contribution in [0.2, 0.25) is 0 Å². The molecule has 6 rings (SSSR count). The molecule has 5 N–H and O–H groups in total. The highest BCUT2D eigenvalue weighted by atomic mass is 16.7. The van der Waals surface area contributed by atoms with Crippen molar-refractivity contribution in [3.8, 4) is 11.5 Å². The first-order chi connectivity index (χ1) is 20.5. The van der Waals surface area contributed by atoms with Crippen LogP contribution in [-0.4, -0.2) is 54.2 Å². The van der Waals surface area contributed by atoms with Gasteiger partial charge in [0.1, 0.15) is 22.7 Å². The van der Waals surface area contributed by atoms with Crippen molar-refractivity contribution in [2.75, 3.05) is 31.1 Å². The van der Waals surface area contributed by atoms with Crippen LogP contribution >= 0.6 is 0 Å². The van der Waals surface area contributed by atoms with Gasteiger partial charge in [-0.05, 0) is 58.4 Å². The number of carbonyl (C=O) groups is 3. The maximum absolute atomic E-state index is 14.2. The first kappa shape index (κ1) is 28.0. The van der Waals surface area contributed by atoms with Crippen molar-refractivity contribution in [1.82, 2.24) is 0 Å². The molecule has 222 valence electrons. The third-order valence-electron chi connectivity index (χ3n) is 8.62. The summed E-state index contributed by atoms with van der Waals surface area (Å²) in [5, 5.41) is 31.3. The number of rotatable bonds is 7. The number of hydrogen-bond donors (Lipinski definition) is 4. The van der Waals surface area contributed by atoms with Crippen LogP contribution in [-0.2, 0) is 22.6 Å². The summed E-state index contributed by atoms with van der Waals surface area (Å²) >= 11 is 0. The number of anilines is 2. The Morgan fingerprint density at radius 3 is 2.56 bits per heavy atom. The van der Waals surface area contributed by atoms with Crippen molar-refractivity contribution in [2.24, 2.45) is 27.9 Å². The molecule has 0 bridgehead atoms. The minimum absolute atomic E-state index is 0.0126. The molecule has 0 fully saturated rings. The number of benzene rings is 2. The third-order valence-corrected chi connectivity index (χ3v) is 8.62. The number of amides is 1. The molecule has 0 saturated heterocycles. The summed E-state index contributed by atoms with van der Waals surface area (Å²) in [7, 11) is 3.54. The number of carbonyl (C=O) groups excluding carboxylic acids is 3. The fourth-order valence-electron chi connectivity index (χ4n) is 6.66. The minimum atomic E-state index is -2.66. The topological polar surface area (TPSA) is 210 Å². The zero-order chi connectivity index (χ0) is 30.8. The van der Waals surface area contributed by atoms with Gasteiger partial charge in [0.05, 0.1) is 11.3 Å². The van der Waals surface area contributed by atoms with Crippen molar-refractivity contribution in [2.45, 2.75) is 31.4 Å². The first-order valence-corrected chi connectivity index (χ1v) is 13.5. The average Bonchev–Trinajstić information content (AvgIpc) is 3.43. The van der Waals surface area contributed by atoms with Crippen molar-refractivity contribution < 1.29 is 34.1 Å². The molecule has 2 aromatic rings. The summed E-state index contributed by atoms with van der Waals surface area (Å²) < 4.78 is 10.8. The summed E-state index contributed by atoms with van der Waals surface area (Å²) in [4.78, 5) is 65.9. The lowest BCUT2D eigenvalue weighted by molar-refractivity contribution is -0.140. The van der Waals surface area contributed by atoms with Crippen LogP contribution in [0.5, 0.6) is 11.5 Å². The summed E-state index contributed by atoms with van der Waals surface area (Å²) in [5.41, 5.74) is 2.66. The number of ether oxygens (including phenoxy) is 2. The van der Waals surface area contributed by atoms with Gasteiger partial charge < -0.3 is 35.6 Å². The zero-order valence-electron chi connectivity index (χ0n) is 23.2. The molecule has 3 aliphatic carbocycles. The predicted molar refractivity (Wildman–Crippen MR) is 152 cm³/mol. The van der Waals surface area contributed by atoms with Crippen molar-refractivity contribution in [3.05, 3.63) is 73.4 Å². The van der Waals surface area contributed by atoms with Gasteiger partial charge in [-0.3, -0.25) is 14.4 Å². The first-order valence-electron chi connectivity index (χ1n) is 13.5. The lowest BCUT2D eigenvalue weighted by Crippen LogP contribution is -2.56. The monoisotopic (exact) mass is 589 g/mol. The van der Waals surface area contributed by atoms with Crippen LogP contribution in [0, 0.1) is 21.6 Å². The molecule has 14 heteroatoms. The number of nitroso groups, excluding NO2 is 2. The SMILES string of the molecule is CN(C)c1cc(NCc2ccc3c(c2)OCO3)c(N=O)c2c1C[C@H]1C[C@H]3CC(O)=C(C(N)=O)C(=O)[C@@]3(O)C(N=O)=C1C2=O. The summed E-state index contributed by atoms with van der Waals surface area (Å²) in [6, 6.07) is 7.06. The van der Waals surface area contributed by atoms with E-state index >= 15 is 0 Å². The van der Waals surface area contributed by atoms with Gasteiger partial charge in [0.2, 0.25) is 12.6 Å². The van der Waals surface area contributed by atoms with E-state index in [0.717, 1.165) is 5.56 Å². The number of ketones is 2.